The first-order valence-electron chi connectivity index (χ1n) is 10.8. The van der Waals surface area contributed by atoms with Crippen LogP contribution in [0.15, 0.2) is 6.07 Å². The molecule has 2 N–H and O–H groups in total. The van der Waals surface area contributed by atoms with E-state index >= 15 is 0 Å². The molecule has 1 rings (SSSR count). The fourth-order valence-corrected chi connectivity index (χ4v) is 3.51. The van der Waals surface area contributed by atoms with Crippen molar-refractivity contribution < 1.29 is 19.7 Å². The van der Waals surface area contributed by atoms with E-state index in [-0.39, 0.29) is 23.2 Å². The van der Waals surface area contributed by atoms with Crippen molar-refractivity contribution in [1.82, 2.24) is 0 Å². The Morgan fingerprint density at radius 1 is 0.933 bits per heavy atom. The van der Waals surface area contributed by atoms with Crippen molar-refractivity contribution >= 4 is 23.0 Å². The average molecular weight is 424 g/mol. The topological polar surface area (TPSA) is 136 Å². The second kappa shape index (κ2) is 13.5. The quantitative estimate of drug-likeness (QED) is 0.186. The third kappa shape index (κ3) is 7.61. The fraction of sp³-hybridized carbons (Fsp3) is 0.667. The molecule has 0 heterocycles. The molecule has 0 fully saturated rings. The van der Waals surface area contributed by atoms with Crippen LogP contribution in [0.1, 0.15) is 94.0 Å². The van der Waals surface area contributed by atoms with Gasteiger partial charge in [-0.2, -0.15) is 0 Å². The highest BCUT2D eigenvalue weighted by atomic mass is 16.6. The first-order chi connectivity index (χ1) is 14.3. The second-order valence-electron chi connectivity index (χ2n) is 7.47. The molecule has 0 saturated carbocycles. The van der Waals surface area contributed by atoms with Crippen LogP contribution in [0.25, 0.3) is 0 Å². The normalized spacial score (nSPS) is 10.7. The lowest BCUT2D eigenvalue weighted by Crippen LogP contribution is -2.13. The van der Waals surface area contributed by atoms with E-state index in [1.807, 2.05) is 0 Å². The van der Waals surface area contributed by atoms with Gasteiger partial charge in [0.1, 0.15) is 0 Å². The summed E-state index contributed by atoms with van der Waals surface area (Å²) in [7, 11) is 0. The molecule has 0 radical (unpaired) electrons. The monoisotopic (exact) mass is 423 g/mol. The number of nitrogens with zero attached hydrogens (tertiary/aromatic N) is 2. The SMILES string of the molecule is CCCCCCCCc1c(C(=O)O)cc([N+](=O)[O-])c(NCCCCCC)c1[N+](=O)[O-]. The van der Waals surface area contributed by atoms with E-state index in [1.54, 1.807) is 0 Å². The largest absolute Gasteiger partial charge is 0.478 e. The van der Waals surface area contributed by atoms with Gasteiger partial charge in [-0.1, -0.05) is 65.2 Å². The Labute approximate surface area is 177 Å². The lowest BCUT2D eigenvalue weighted by molar-refractivity contribution is -0.392. The van der Waals surface area contributed by atoms with Crippen LogP contribution in [0.3, 0.4) is 0 Å². The van der Waals surface area contributed by atoms with Crippen LogP contribution in [-0.2, 0) is 6.42 Å². The zero-order valence-corrected chi connectivity index (χ0v) is 17.9. The summed E-state index contributed by atoms with van der Waals surface area (Å²) in [6.45, 7) is 4.52. The molecule has 168 valence electrons. The summed E-state index contributed by atoms with van der Waals surface area (Å²) in [4.78, 5) is 33.6. The van der Waals surface area contributed by atoms with Gasteiger partial charge in [-0.3, -0.25) is 20.2 Å². The van der Waals surface area contributed by atoms with E-state index < -0.39 is 27.2 Å². The summed E-state index contributed by atoms with van der Waals surface area (Å²) < 4.78 is 0. The molecular weight excluding hydrogens is 390 g/mol. The second-order valence-corrected chi connectivity index (χ2v) is 7.47. The molecule has 1 aromatic rings. The molecule has 1 aromatic carbocycles. The number of unbranched alkanes of at least 4 members (excludes halogenated alkanes) is 8. The molecule has 9 heteroatoms. The smallest absolute Gasteiger partial charge is 0.336 e. The summed E-state index contributed by atoms with van der Waals surface area (Å²) >= 11 is 0. The number of carbonyl (C=O) groups is 1. The van der Waals surface area contributed by atoms with E-state index in [4.69, 9.17) is 0 Å². The van der Waals surface area contributed by atoms with Crippen LogP contribution >= 0.6 is 0 Å². The number of rotatable bonds is 16. The lowest BCUT2D eigenvalue weighted by atomic mass is 9.96. The number of hydrogen-bond acceptors (Lipinski definition) is 6. The van der Waals surface area contributed by atoms with E-state index in [9.17, 15) is 30.1 Å². The van der Waals surface area contributed by atoms with Crippen molar-refractivity contribution in [3.8, 4) is 0 Å². The van der Waals surface area contributed by atoms with Crippen molar-refractivity contribution in [2.45, 2.75) is 84.5 Å². The van der Waals surface area contributed by atoms with Gasteiger partial charge in [0.2, 0.25) is 0 Å². The van der Waals surface area contributed by atoms with Gasteiger partial charge in [0.15, 0.2) is 5.69 Å². The van der Waals surface area contributed by atoms with Gasteiger partial charge in [-0.15, -0.1) is 0 Å². The van der Waals surface area contributed by atoms with Crippen molar-refractivity contribution in [2.75, 3.05) is 11.9 Å². The van der Waals surface area contributed by atoms with Gasteiger partial charge >= 0.3 is 11.7 Å². The minimum atomic E-state index is -1.39. The van der Waals surface area contributed by atoms with Crippen LogP contribution < -0.4 is 5.32 Å². The molecular formula is C21H33N3O6. The van der Waals surface area contributed by atoms with E-state index in [1.165, 1.54) is 0 Å². The predicted molar refractivity (Wildman–Crippen MR) is 116 cm³/mol. The fourth-order valence-electron chi connectivity index (χ4n) is 3.51. The Balaban J connectivity index is 3.24. The average Bonchev–Trinajstić information content (AvgIpc) is 2.69. The van der Waals surface area contributed by atoms with Crippen LogP contribution in [0, 0.1) is 20.2 Å². The van der Waals surface area contributed by atoms with E-state index in [2.05, 4.69) is 19.2 Å². The van der Waals surface area contributed by atoms with Crippen molar-refractivity contribution in [2.24, 2.45) is 0 Å². The molecule has 0 aliphatic heterocycles. The van der Waals surface area contributed by atoms with Crippen LogP contribution in [0.4, 0.5) is 17.1 Å². The third-order valence-electron chi connectivity index (χ3n) is 5.11. The molecule has 0 atom stereocenters. The Morgan fingerprint density at radius 3 is 2.03 bits per heavy atom. The summed E-state index contributed by atoms with van der Waals surface area (Å²) in [6.07, 6.45) is 9.53. The Kier molecular flexibility index (Phi) is 11.4. The number of aromatic carboxylic acids is 1. The summed E-state index contributed by atoms with van der Waals surface area (Å²) in [5, 5.41) is 35.8. The highest BCUT2D eigenvalue weighted by molar-refractivity contribution is 5.95. The number of nitrogens with one attached hydrogen (secondary N) is 1. The van der Waals surface area contributed by atoms with E-state index in [0.717, 1.165) is 63.9 Å². The lowest BCUT2D eigenvalue weighted by Gasteiger charge is -2.13. The number of nitro groups is 2. The van der Waals surface area contributed by atoms with Gasteiger partial charge in [0, 0.05) is 18.2 Å². The number of carboxylic acids is 1. The van der Waals surface area contributed by atoms with Crippen LogP contribution in [-0.4, -0.2) is 27.5 Å². The number of anilines is 1. The summed E-state index contributed by atoms with van der Waals surface area (Å²) in [5.41, 5.74) is -1.54. The number of hydrogen-bond donors (Lipinski definition) is 2. The predicted octanol–water partition coefficient (Wildman–Crippen LogP) is 6.10. The zero-order valence-electron chi connectivity index (χ0n) is 17.9. The third-order valence-corrected chi connectivity index (χ3v) is 5.11. The Morgan fingerprint density at radius 2 is 1.50 bits per heavy atom. The van der Waals surface area contributed by atoms with Gasteiger partial charge in [-0.25, -0.2) is 4.79 Å². The van der Waals surface area contributed by atoms with Crippen molar-refractivity contribution in [3.63, 3.8) is 0 Å². The maximum Gasteiger partial charge on any atom is 0.336 e. The minimum Gasteiger partial charge on any atom is -0.478 e. The van der Waals surface area contributed by atoms with Crippen molar-refractivity contribution in [1.29, 1.82) is 0 Å². The highest BCUT2D eigenvalue weighted by Gasteiger charge is 2.33. The minimum absolute atomic E-state index is 0.0599. The molecule has 0 aliphatic rings. The molecule has 0 bridgehead atoms. The highest BCUT2D eigenvalue weighted by Crippen LogP contribution is 2.40. The van der Waals surface area contributed by atoms with Gasteiger partial charge in [0.05, 0.1) is 15.4 Å². The Hall–Kier alpha value is -2.71. The zero-order chi connectivity index (χ0) is 22.5. The molecule has 0 spiro atoms. The number of benzene rings is 1. The standard InChI is InChI=1S/C21H33N3O6/c1-3-5-7-9-10-11-13-16-17(21(25)26)15-18(23(27)28)19(20(16)24(29)30)22-14-12-8-6-4-2/h15,22H,3-14H2,1-2H3,(H,25,26). The maximum absolute atomic E-state index is 11.9. The van der Waals surface area contributed by atoms with Gasteiger partial charge in [-0.05, 0) is 19.3 Å². The first kappa shape index (κ1) is 25.3. The summed E-state index contributed by atoms with van der Waals surface area (Å²) in [5.74, 6) is -1.39. The van der Waals surface area contributed by atoms with E-state index in [0.29, 0.717) is 13.0 Å². The molecule has 0 aromatic heterocycles. The maximum atomic E-state index is 11.9. The molecule has 9 nitrogen and oxygen atoms in total. The van der Waals surface area contributed by atoms with Crippen molar-refractivity contribution in [3.05, 3.63) is 37.4 Å². The molecule has 0 aliphatic carbocycles. The molecule has 0 unspecified atom stereocenters. The van der Waals surface area contributed by atoms with Crippen LogP contribution in [0.5, 0.6) is 0 Å². The Bertz CT molecular complexity index is 736. The molecule has 0 saturated heterocycles. The summed E-state index contributed by atoms with van der Waals surface area (Å²) in [6, 6.07) is 0.954. The molecule has 30 heavy (non-hydrogen) atoms. The van der Waals surface area contributed by atoms with Gasteiger partial charge in [0.25, 0.3) is 5.69 Å². The van der Waals surface area contributed by atoms with Crippen LogP contribution in [0.2, 0.25) is 0 Å². The first-order valence-corrected chi connectivity index (χ1v) is 10.8. The number of nitro benzene ring substituents is 2. The number of carboxylic acid groups (broad SMARTS) is 1. The van der Waals surface area contributed by atoms with Gasteiger partial charge < -0.3 is 10.4 Å². The molecule has 0 amide bonds.